The van der Waals surface area contributed by atoms with Crippen molar-refractivity contribution in [2.75, 3.05) is 0 Å². The first-order valence-electron chi connectivity index (χ1n) is 8.04. The Kier molecular flexibility index (Phi) is 6.31. The Labute approximate surface area is 126 Å². The van der Waals surface area contributed by atoms with E-state index in [-0.39, 0.29) is 5.04 Å². The minimum absolute atomic E-state index is 0.256. The second kappa shape index (κ2) is 7.30. The van der Waals surface area contributed by atoms with Crippen molar-refractivity contribution in [2.24, 2.45) is 0 Å². The third kappa shape index (κ3) is 5.32. The van der Waals surface area contributed by atoms with Crippen molar-refractivity contribution in [1.29, 1.82) is 0 Å². The van der Waals surface area contributed by atoms with Gasteiger partial charge in [-0.1, -0.05) is 59.1 Å². The van der Waals surface area contributed by atoms with Crippen LogP contribution in [0, 0.1) is 0 Å². The van der Waals surface area contributed by atoms with E-state index in [2.05, 4.69) is 65.1 Å². The summed E-state index contributed by atoms with van der Waals surface area (Å²) in [6, 6.07) is 8.76. The van der Waals surface area contributed by atoms with Crippen molar-refractivity contribution in [3.63, 3.8) is 0 Å². The summed E-state index contributed by atoms with van der Waals surface area (Å²) >= 11 is 0. The molecule has 0 unspecified atom stereocenters. The summed E-state index contributed by atoms with van der Waals surface area (Å²) in [5.41, 5.74) is 1.43. The quantitative estimate of drug-likeness (QED) is 0.430. The van der Waals surface area contributed by atoms with Crippen LogP contribution in [0.1, 0.15) is 58.9 Å². The Morgan fingerprint density at radius 1 is 0.950 bits per heavy atom. The summed E-state index contributed by atoms with van der Waals surface area (Å²) < 4.78 is 6.30. The summed E-state index contributed by atoms with van der Waals surface area (Å²) in [6.07, 6.45) is 6.50. The van der Waals surface area contributed by atoms with Crippen molar-refractivity contribution in [1.82, 2.24) is 0 Å². The molecule has 0 aromatic heterocycles. The van der Waals surface area contributed by atoms with Gasteiger partial charge in [0.1, 0.15) is 5.75 Å². The third-order valence-corrected chi connectivity index (χ3v) is 8.78. The van der Waals surface area contributed by atoms with Gasteiger partial charge in [-0.15, -0.1) is 0 Å². The normalized spacial score (nSPS) is 12.5. The molecule has 0 aliphatic heterocycles. The lowest BCUT2D eigenvalue weighted by Gasteiger charge is -2.36. The molecule has 1 aromatic rings. The molecule has 0 heterocycles. The van der Waals surface area contributed by atoms with Crippen LogP contribution in [0.15, 0.2) is 24.3 Å². The maximum absolute atomic E-state index is 6.30. The van der Waals surface area contributed by atoms with Crippen LogP contribution >= 0.6 is 0 Å². The van der Waals surface area contributed by atoms with Gasteiger partial charge < -0.3 is 4.43 Å². The van der Waals surface area contributed by atoms with Crippen LogP contribution in [0.25, 0.3) is 0 Å². The van der Waals surface area contributed by atoms with Crippen LogP contribution in [0.5, 0.6) is 5.75 Å². The van der Waals surface area contributed by atoms with E-state index in [4.69, 9.17) is 4.43 Å². The molecule has 0 aliphatic rings. The second-order valence-corrected chi connectivity index (χ2v) is 12.0. The molecule has 2 heteroatoms. The van der Waals surface area contributed by atoms with E-state index in [1.807, 2.05) is 0 Å². The smallest absolute Gasteiger partial charge is 0.250 e. The maximum Gasteiger partial charge on any atom is 0.250 e. The van der Waals surface area contributed by atoms with Crippen molar-refractivity contribution < 1.29 is 4.43 Å². The molecule has 1 rings (SSSR count). The topological polar surface area (TPSA) is 9.23 Å². The van der Waals surface area contributed by atoms with Gasteiger partial charge in [-0.05, 0) is 48.7 Å². The number of unbranched alkanes of at least 4 members (excludes halogenated alkanes) is 3. The SMILES string of the molecule is CCCCCCc1ccc(O[Si](C)(C)C(C)(C)C)cc1. The highest BCUT2D eigenvalue weighted by Gasteiger charge is 2.38. The predicted molar refractivity (Wildman–Crippen MR) is 92.1 cm³/mol. The van der Waals surface area contributed by atoms with E-state index in [9.17, 15) is 0 Å². The van der Waals surface area contributed by atoms with Crippen LogP contribution in [-0.4, -0.2) is 8.32 Å². The van der Waals surface area contributed by atoms with Gasteiger partial charge in [0.25, 0.3) is 0 Å². The number of hydrogen-bond donors (Lipinski definition) is 0. The average Bonchev–Trinajstić information content (AvgIpc) is 2.35. The maximum atomic E-state index is 6.30. The molecule has 0 spiro atoms. The number of aryl methyl sites for hydroxylation is 1. The third-order valence-electron chi connectivity index (χ3n) is 4.42. The minimum Gasteiger partial charge on any atom is -0.544 e. The van der Waals surface area contributed by atoms with Crippen molar-refractivity contribution in [3.05, 3.63) is 29.8 Å². The lowest BCUT2D eigenvalue weighted by Crippen LogP contribution is -2.43. The van der Waals surface area contributed by atoms with Gasteiger partial charge >= 0.3 is 0 Å². The molecule has 0 atom stereocenters. The van der Waals surface area contributed by atoms with Crippen LogP contribution in [0.3, 0.4) is 0 Å². The Hall–Kier alpha value is -0.763. The molecule has 1 aromatic carbocycles. The minimum atomic E-state index is -1.70. The van der Waals surface area contributed by atoms with E-state index in [1.165, 1.54) is 37.7 Å². The first-order valence-corrected chi connectivity index (χ1v) is 10.9. The fourth-order valence-electron chi connectivity index (χ4n) is 1.93. The highest BCUT2D eigenvalue weighted by molar-refractivity contribution is 6.74. The monoisotopic (exact) mass is 292 g/mol. The Morgan fingerprint density at radius 3 is 2.05 bits per heavy atom. The lowest BCUT2D eigenvalue weighted by molar-refractivity contribution is 0.492. The van der Waals surface area contributed by atoms with Gasteiger partial charge in [0, 0.05) is 0 Å². The standard InChI is InChI=1S/C18H32OSi/c1-7-8-9-10-11-16-12-14-17(15-13-16)19-20(5,6)18(2,3)4/h12-15H,7-11H2,1-6H3. The molecule has 0 aliphatic carbocycles. The van der Waals surface area contributed by atoms with Crippen LogP contribution in [0.4, 0.5) is 0 Å². The van der Waals surface area contributed by atoms with E-state index < -0.39 is 8.32 Å². The van der Waals surface area contributed by atoms with E-state index in [1.54, 1.807) is 0 Å². The van der Waals surface area contributed by atoms with E-state index in [0.717, 1.165) is 5.75 Å². The molecule has 114 valence electrons. The summed E-state index contributed by atoms with van der Waals surface area (Å²) in [5.74, 6) is 1.04. The van der Waals surface area contributed by atoms with Gasteiger partial charge in [0.15, 0.2) is 0 Å². The first-order chi connectivity index (χ1) is 9.26. The zero-order valence-corrected chi connectivity index (χ0v) is 15.3. The predicted octanol–water partition coefficient (Wildman–Crippen LogP) is 6.19. The largest absolute Gasteiger partial charge is 0.544 e. The Balaban J connectivity index is 2.54. The molecule has 0 saturated carbocycles. The molecular formula is C18H32OSi. The van der Waals surface area contributed by atoms with Gasteiger partial charge in [-0.25, -0.2) is 0 Å². The number of benzene rings is 1. The van der Waals surface area contributed by atoms with Gasteiger partial charge in [0.05, 0.1) is 0 Å². The summed E-state index contributed by atoms with van der Waals surface area (Å²) in [5, 5.41) is 0.256. The summed E-state index contributed by atoms with van der Waals surface area (Å²) in [6.45, 7) is 13.7. The zero-order chi connectivity index (χ0) is 15.2. The molecule has 0 N–H and O–H groups in total. The van der Waals surface area contributed by atoms with Gasteiger partial charge in [-0.2, -0.15) is 0 Å². The molecule has 0 saturated heterocycles. The second-order valence-electron chi connectivity index (χ2n) is 7.32. The van der Waals surface area contributed by atoms with Gasteiger partial charge in [-0.3, -0.25) is 0 Å². The fraction of sp³-hybridized carbons (Fsp3) is 0.667. The summed E-state index contributed by atoms with van der Waals surface area (Å²) in [4.78, 5) is 0. The van der Waals surface area contributed by atoms with Gasteiger partial charge in [0.2, 0.25) is 8.32 Å². The molecule has 1 nitrogen and oxygen atoms in total. The van der Waals surface area contributed by atoms with Crippen LogP contribution in [-0.2, 0) is 6.42 Å². The van der Waals surface area contributed by atoms with Crippen LogP contribution < -0.4 is 4.43 Å². The summed E-state index contributed by atoms with van der Waals surface area (Å²) in [7, 11) is -1.70. The molecular weight excluding hydrogens is 260 g/mol. The fourth-order valence-corrected chi connectivity index (χ4v) is 2.96. The van der Waals surface area contributed by atoms with E-state index in [0.29, 0.717) is 0 Å². The number of hydrogen-bond acceptors (Lipinski definition) is 1. The highest BCUT2D eigenvalue weighted by atomic mass is 28.4. The Bertz CT molecular complexity index is 387. The first kappa shape index (κ1) is 17.3. The highest BCUT2D eigenvalue weighted by Crippen LogP contribution is 2.37. The van der Waals surface area contributed by atoms with Crippen molar-refractivity contribution >= 4 is 8.32 Å². The molecule has 0 bridgehead atoms. The van der Waals surface area contributed by atoms with Crippen molar-refractivity contribution in [3.8, 4) is 5.75 Å². The zero-order valence-electron chi connectivity index (χ0n) is 14.3. The molecule has 0 fully saturated rings. The molecule has 20 heavy (non-hydrogen) atoms. The van der Waals surface area contributed by atoms with Crippen LogP contribution in [0.2, 0.25) is 18.1 Å². The average molecular weight is 293 g/mol. The van der Waals surface area contributed by atoms with E-state index >= 15 is 0 Å². The Morgan fingerprint density at radius 2 is 1.55 bits per heavy atom. The molecule has 0 radical (unpaired) electrons. The van der Waals surface area contributed by atoms with Crippen molar-refractivity contribution in [2.45, 2.75) is 77.9 Å². The molecule has 0 amide bonds. The lowest BCUT2D eigenvalue weighted by atomic mass is 10.1. The number of rotatable bonds is 7.